The molecule has 2 aromatic rings. The molecule has 0 aliphatic heterocycles. The van der Waals surface area contributed by atoms with Gasteiger partial charge in [0, 0.05) is 6.54 Å². The number of rotatable bonds is 7. The largest absolute Gasteiger partial charge is 0.492 e. The second kappa shape index (κ2) is 7.62. The van der Waals surface area contributed by atoms with E-state index in [-0.39, 0.29) is 18.7 Å². The number of aromatic carboxylic acids is 1. The molecule has 0 saturated carbocycles. The topological polar surface area (TPSA) is 92.7 Å². The number of carbonyl (C=O) groups is 1. The van der Waals surface area contributed by atoms with Crippen LogP contribution in [0.2, 0.25) is 0 Å². The van der Waals surface area contributed by atoms with Crippen LogP contribution in [-0.2, 0) is 10.0 Å². The van der Waals surface area contributed by atoms with E-state index in [9.17, 15) is 17.6 Å². The van der Waals surface area contributed by atoms with Crippen molar-refractivity contribution in [2.45, 2.75) is 18.7 Å². The number of hydrogen-bond donors (Lipinski definition) is 2. The fourth-order valence-electron chi connectivity index (χ4n) is 2.07. The fraction of sp³-hybridized carbons (Fsp3) is 0.235. The van der Waals surface area contributed by atoms with Crippen molar-refractivity contribution < 1.29 is 27.4 Å². The van der Waals surface area contributed by atoms with Crippen molar-refractivity contribution >= 4 is 16.0 Å². The zero-order valence-corrected chi connectivity index (χ0v) is 14.6. The van der Waals surface area contributed by atoms with E-state index in [1.165, 1.54) is 0 Å². The summed E-state index contributed by atoms with van der Waals surface area (Å²) >= 11 is 0. The average molecular weight is 367 g/mol. The molecule has 0 radical (unpaired) electrons. The van der Waals surface area contributed by atoms with Crippen molar-refractivity contribution in [1.82, 2.24) is 4.72 Å². The number of nitrogens with one attached hydrogen (secondary N) is 1. The Morgan fingerprint density at radius 3 is 2.52 bits per heavy atom. The van der Waals surface area contributed by atoms with Gasteiger partial charge in [-0.05, 0) is 55.3 Å². The Morgan fingerprint density at radius 2 is 1.88 bits per heavy atom. The highest BCUT2D eigenvalue weighted by Gasteiger charge is 2.20. The second-order valence-electron chi connectivity index (χ2n) is 5.44. The molecule has 0 heterocycles. The van der Waals surface area contributed by atoms with E-state index < -0.39 is 26.7 Å². The summed E-state index contributed by atoms with van der Waals surface area (Å²) in [4.78, 5) is 10.2. The first-order chi connectivity index (χ1) is 11.7. The number of aryl methyl sites for hydroxylation is 2. The summed E-state index contributed by atoms with van der Waals surface area (Å²) in [6, 6.07) is 8.08. The summed E-state index contributed by atoms with van der Waals surface area (Å²) in [6.07, 6.45) is 0. The predicted molar refractivity (Wildman–Crippen MR) is 90.0 cm³/mol. The minimum absolute atomic E-state index is 0.0436. The molecule has 0 bridgehead atoms. The Bertz CT molecular complexity index is 896. The summed E-state index contributed by atoms with van der Waals surface area (Å²) < 4.78 is 45.7. The maximum atomic E-state index is 13.7. The van der Waals surface area contributed by atoms with E-state index in [4.69, 9.17) is 9.84 Å². The van der Waals surface area contributed by atoms with Crippen LogP contribution in [0, 0.1) is 19.7 Å². The van der Waals surface area contributed by atoms with Crippen molar-refractivity contribution in [1.29, 1.82) is 0 Å². The van der Waals surface area contributed by atoms with Crippen LogP contribution in [-0.4, -0.2) is 32.6 Å². The highest BCUT2D eigenvalue weighted by atomic mass is 32.2. The lowest BCUT2D eigenvalue weighted by Gasteiger charge is -2.10. The molecule has 2 aromatic carbocycles. The van der Waals surface area contributed by atoms with Crippen molar-refractivity contribution in [3.05, 3.63) is 58.9 Å². The third-order valence-electron chi connectivity index (χ3n) is 3.61. The van der Waals surface area contributed by atoms with Gasteiger partial charge in [0.05, 0.1) is 5.56 Å². The van der Waals surface area contributed by atoms with Crippen molar-refractivity contribution in [2.24, 2.45) is 0 Å². The van der Waals surface area contributed by atoms with Gasteiger partial charge in [-0.1, -0.05) is 6.07 Å². The normalized spacial score (nSPS) is 11.3. The van der Waals surface area contributed by atoms with Crippen LogP contribution in [0.15, 0.2) is 41.3 Å². The summed E-state index contributed by atoms with van der Waals surface area (Å²) in [6.45, 7) is 3.85. The van der Waals surface area contributed by atoms with Gasteiger partial charge in [-0.25, -0.2) is 22.3 Å². The molecule has 0 fully saturated rings. The zero-order valence-electron chi connectivity index (χ0n) is 13.7. The van der Waals surface area contributed by atoms with Crippen LogP contribution in [0.4, 0.5) is 4.39 Å². The minimum atomic E-state index is -4.18. The van der Waals surface area contributed by atoms with Gasteiger partial charge >= 0.3 is 5.97 Å². The van der Waals surface area contributed by atoms with Crippen LogP contribution in [0.5, 0.6) is 5.75 Å². The molecular weight excluding hydrogens is 349 g/mol. The molecule has 0 spiro atoms. The van der Waals surface area contributed by atoms with Gasteiger partial charge in [-0.2, -0.15) is 0 Å². The van der Waals surface area contributed by atoms with Crippen LogP contribution >= 0.6 is 0 Å². The standard InChI is InChI=1S/C17H18FNO5S/c1-11-3-5-14(9-12(11)2)24-8-7-19-25(22,23)16-10-13(17(20)21)4-6-15(16)18/h3-6,9-10,19H,7-8H2,1-2H3,(H,20,21). The molecule has 0 aromatic heterocycles. The van der Waals surface area contributed by atoms with Gasteiger partial charge in [0.1, 0.15) is 23.1 Å². The number of carboxylic acids is 1. The van der Waals surface area contributed by atoms with Gasteiger partial charge in [0.25, 0.3) is 0 Å². The SMILES string of the molecule is Cc1ccc(OCCNS(=O)(=O)c2cc(C(=O)O)ccc2F)cc1C. The monoisotopic (exact) mass is 367 g/mol. The van der Waals surface area contributed by atoms with E-state index in [1.807, 2.05) is 26.0 Å². The fourth-order valence-corrected chi connectivity index (χ4v) is 3.18. The first-order valence-corrected chi connectivity index (χ1v) is 8.91. The Kier molecular flexibility index (Phi) is 5.76. The number of carboxylic acid groups (broad SMARTS) is 1. The van der Waals surface area contributed by atoms with Gasteiger partial charge in [-0.15, -0.1) is 0 Å². The van der Waals surface area contributed by atoms with E-state index in [0.717, 1.165) is 29.3 Å². The van der Waals surface area contributed by atoms with Gasteiger partial charge in [0.15, 0.2) is 0 Å². The molecule has 2 N–H and O–H groups in total. The molecule has 0 amide bonds. The first kappa shape index (κ1) is 18.9. The van der Waals surface area contributed by atoms with E-state index in [0.29, 0.717) is 5.75 Å². The molecular formula is C17H18FNO5S. The Hall–Kier alpha value is -2.45. The molecule has 6 nitrogen and oxygen atoms in total. The maximum absolute atomic E-state index is 13.7. The van der Waals surface area contributed by atoms with Crippen LogP contribution in [0.25, 0.3) is 0 Å². The number of sulfonamides is 1. The zero-order chi connectivity index (χ0) is 18.6. The quantitative estimate of drug-likeness (QED) is 0.734. The van der Waals surface area contributed by atoms with E-state index in [2.05, 4.69) is 4.72 Å². The number of halogens is 1. The number of ether oxygens (including phenoxy) is 1. The number of hydrogen-bond acceptors (Lipinski definition) is 4. The van der Waals surface area contributed by atoms with Crippen LogP contribution < -0.4 is 9.46 Å². The first-order valence-electron chi connectivity index (χ1n) is 7.43. The summed E-state index contributed by atoms with van der Waals surface area (Å²) in [7, 11) is -4.18. The Balaban J connectivity index is 2.01. The maximum Gasteiger partial charge on any atom is 0.335 e. The van der Waals surface area contributed by atoms with E-state index in [1.54, 1.807) is 6.07 Å². The summed E-state index contributed by atoms with van der Waals surface area (Å²) in [5.74, 6) is -1.76. The average Bonchev–Trinajstić information content (AvgIpc) is 2.55. The lowest BCUT2D eigenvalue weighted by molar-refractivity contribution is 0.0696. The van der Waals surface area contributed by atoms with Crippen LogP contribution in [0.3, 0.4) is 0 Å². The van der Waals surface area contributed by atoms with Crippen molar-refractivity contribution in [3.63, 3.8) is 0 Å². The summed E-state index contributed by atoms with van der Waals surface area (Å²) in [5.41, 5.74) is 1.85. The second-order valence-corrected chi connectivity index (χ2v) is 7.18. The molecule has 0 aliphatic rings. The van der Waals surface area contributed by atoms with Gasteiger partial charge in [0.2, 0.25) is 10.0 Å². The highest BCUT2D eigenvalue weighted by molar-refractivity contribution is 7.89. The predicted octanol–water partition coefficient (Wildman–Crippen LogP) is 2.50. The van der Waals surface area contributed by atoms with Crippen molar-refractivity contribution in [3.8, 4) is 5.75 Å². The molecule has 8 heteroatoms. The smallest absolute Gasteiger partial charge is 0.335 e. The highest BCUT2D eigenvalue weighted by Crippen LogP contribution is 2.17. The number of benzene rings is 2. The van der Waals surface area contributed by atoms with Crippen LogP contribution in [0.1, 0.15) is 21.5 Å². The van der Waals surface area contributed by atoms with Crippen molar-refractivity contribution in [2.75, 3.05) is 13.2 Å². The Morgan fingerprint density at radius 1 is 1.16 bits per heavy atom. The molecule has 0 aliphatic carbocycles. The minimum Gasteiger partial charge on any atom is -0.492 e. The summed E-state index contributed by atoms with van der Waals surface area (Å²) in [5, 5.41) is 8.89. The molecule has 134 valence electrons. The Labute approximate surface area is 145 Å². The van der Waals surface area contributed by atoms with Gasteiger partial charge < -0.3 is 9.84 Å². The lowest BCUT2D eigenvalue weighted by atomic mass is 10.1. The molecule has 0 atom stereocenters. The van der Waals surface area contributed by atoms with Gasteiger partial charge in [-0.3, -0.25) is 0 Å². The molecule has 0 saturated heterocycles. The lowest BCUT2D eigenvalue weighted by Crippen LogP contribution is -2.29. The third kappa shape index (κ3) is 4.77. The molecule has 25 heavy (non-hydrogen) atoms. The third-order valence-corrected chi connectivity index (χ3v) is 5.08. The molecule has 0 unspecified atom stereocenters. The van der Waals surface area contributed by atoms with E-state index >= 15 is 0 Å². The molecule has 2 rings (SSSR count).